The Hall–Kier alpha value is -3.57. The fraction of sp³-hybridized carbons (Fsp3) is 0.167. The maximum atomic E-state index is 13.9. The van der Waals surface area contributed by atoms with Crippen molar-refractivity contribution in [2.75, 3.05) is 12.4 Å². The second-order valence-electron chi connectivity index (χ2n) is 9.17. The number of allylic oxidation sites excluding steroid dienone is 1. The molecule has 4 aromatic carbocycles. The summed E-state index contributed by atoms with van der Waals surface area (Å²) in [5.41, 5.74) is 6.10. The Morgan fingerprint density at radius 1 is 0.943 bits per heavy atom. The normalized spacial score (nSPS) is 19.2. The summed E-state index contributed by atoms with van der Waals surface area (Å²) in [6.45, 7) is 0. The van der Waals surface area contributed by atoms with E-state index in [0.717, 1.165) is 45.2 Å². The first-order valence-electron chi connectivity index (χ1n) is 11.7. The average Bonchev–Trinajstić information content (AvgIpc) is 2.89. The number of ether oxygens (including phenoxy) is 1. The van der Waals surface area contributed by atoms with Crippen LogP contribution in [0.25, 0.3) is 16.3 Å². The van der Waals surface area contributed by atoms with E-state index in [2.05, 4.69) is 63.7 Å². The van der Waals surface area contributed by atoms with Gasteiger partial charge < -0.3 is 15.2 Å². The number of fused-ring (bicyclic) bond motifs is 4. The van der Waals surface area contributed by atoms with Crippen LogP contribution < -0.4 is 10.1 Å². The maximum Gasteiger partial charge on any atom is 0.172 e. The number of phenolic OH excluding ortho intramolecular Hbond substituents is 1. The van der Waals surface area contributed by atoms with Crippen molar-refractivity contribution in [3.63, 3.8) is 0 Å². The minimum absolute atomic E-state index is 0.0479. The number of nitrogens with one attached hydrogen (secondary N) is 1. The van der Waals surface area contributed by atoms with Gasteiger partial charge in [-0.15, -0.1) is 0 Å². The second-order valence-corrected chi connectivity index (χ2v) is 10.0. The number of ketones is 1. The van der Waals surface area contributed by atoms with Gasteiger partial charge in [-0.25, -0.2) is 0 Å². The van der Waals surface area contributed by atoms with Crippen LogP contribution in [-0.2, 0) is 4.79 Å². The van der Waals surface area contributed by atoms with Gasteiger partial charge in [-0.3, -0.25) is 4.79 Å². The molecule has 0 radical (unpaired) electrons. The predicted octanol–water partition coefficient (Wildman–Crippen LogP) is 7.38. The van der Waals surface area contributed by atoms with Gasteiger partial charge in [0.2, 0.25) is 0 Å². The SMILES string of the molecule is COc1cc(C2Nc3ccc4ccccc4c3C3=C2C(=O)CC(c2ccccc2)C3)cc(Br)c1O. The molecule has 1 aliphatic carbocycles. The number of carbonyl (C=O) groups excluding carboxylic acids is 1. The summed E-state index contributed by atoms with van der Waals surface area (Å²) in [5, 5.41) is 16.3. The second kappa shape index (κ2) is 8.58. The van der Waals surface area contributed by atoms with E-state index in [-0.39, 0.29) is 23.5 Å². The molecule has 4 nitrogen and oxygen atoms in total. The average molecular weight is 526 g/mol. The van der Waals surface area contributed by atoms with Crippen LogP contribution in [0.2, 0.25) is 0 Å². The number of anilines is 1. The quantitative estimate of drug-likeness (QED) is 0.292. The number of phenols is 1. The van der Waals surface area contributed by atoms with Crippen LogP contribution in [0.5, 0.6) is 11.5 Å². The van der Waals surface area contributed by atoms with E-state index in [1.165, 1.54) is 12.7 Å². The Labute approximate surface area is 212 Å². The highest BCUT2D eigenvalue weighted by Crippen LogP contribution is 2.52. The highest BCUT2D eigenvalue weighted by atomic mass is 79.9. The van der Waals surface area contributed by atoms with Gasteiger partial charge in [0.25, 0.3) is 0 Å². The third-order valence-electron chi connectivity index (χ3n) is 7.20. The summed E-state index contributed by atoms with van der Waals surface area (Å²) in [5.74, 6) is 0.702. The first kappa shape index (κ1) is 21.9. The highest BCUT2D eigenvalue weighted by Gasteiger charge is 2.38. The fourth-order valence-electron chi connectivity index (χ4n) is 5.57. The number of aromatic hydroxyl groups is 1. The molecule has 0 saturated heterocycles. The summed E-state index contributed by atoms with van der Waals surface area (Å²) in [4.78, 5) is 13.9. The molecule has 6 rings (SSSR count). The van der Waals surface area contributed by atoms with Crippen molar-refractivity contribution in [3.8, 4) is 11.5 Å². The zero-order valence-corrected chi connectivity index (χ0v) is 20.8. The van der Waals surface area contributed by atoms with Crippen molar-refractivity contribution >= 4 is 43.7 Å². The number of carbonyl (C=O) groups is 1. The van der Waals surface area contributed by atoms with E-state index in [9.17, 15) is 9.90 Å². The van der Waals surface area contributed by atoms with Crippen LogP contribution in [0, 0.1) is 0 Å². The molecule has 0 bridgehead atoms. The van der Waals surface area contributed by atoms with Crippen LogP contribution in [0.1, 0.15) is 41.5 Å². The molecular weight excluding hydrogens is 502 g/mol. The topological polar surface area (TPSA) is 58.6 Å². The lowest BCUT2D eigenvalue weighted by molar-refractivity contribution is -0.116. The molecule has 5 heteroatoms. The molecular formula is C30H24BrNO3. The van der Waals surface area contributed by atoms with E-state index in [1.54, 1.807) is 0 Å². The van der Waals surface area contributed by atoms with Crippen LogP contribution in [0.15, 0.2) is 88.9 Å². The number of rotatable bonds is 3. The standard InChI is InChI=1S/C30H24BrNO3/c1-35-26-16-20(14-23(31)30(26)34)29-28-22(13-19(15-25(28)33)17-7-3-2-4-8-17)27-21-10-6-5-9-18(21)11-12-24(27)32-29/h2-12,14,16,19,29,32,34H,13,15H2,1H3. The number of halogens is 1. The Morgan fingerprint density at radius 2 is 1.71 bits per heavy atom. The molecule has 174 valence electrons. The van der Waals surface area contributed by atoms with E-state index in [1.807, 2.05) is 36.4 Å². The van der Waals surface area contributed by atoms with Crippen LogP contribution >= 0.6 is 15.9 Å². The summed E-state index contributed by atoms with van der Waals surface area (Å²) >= 11 is 3.45. The molecule has 1 heterocycles. The molecule has 2 N–H and O–H groups in total. The van der Waals surface area contributed by atoms with Crippen LogP contribution in [0.3, 0.4) is 0 Å². The van der Waals surface area contributed by atoms with Crippen molar-refractivity contribution in [2.24, 2.45) is 0 Å². The van der Waals surface area contributed by atoms with Crippen LogP contribution in [-0.4, -0.2) is 18.0 Å². The van der Waals surface area contributed by atoms with Gasteiger partial charge in [-0.2, -0.15) is 0 Å². The molecule has 1 aliphatic heterocycles. The van der Waals surface area contributed by atoms with E-state index in [0.29, 0.717) is 16.6 Å². The first-order chi connectivity index (χ1) is 17.0. The predicted molar refractivity (Wildman–Crippen MR) is 143 cm³/mol. The third kappa shape index (κ3) is 3.62. The lowest BCUT2D eigenvalue weighted by atomic mass is 9.71. The lowest BCUT2D eigenvalue weighted by Gasteiger charge is -2.37. The smallest absolute Gasteiger partial charge is 0.172 e. The molecule has 35 heavy (non-hydrogen) atoms. The maximum absolute atomic E-state index is 13.9. The molecule has 0 aromatic heterocycles. The van der Waals surface area contributed by atoms with E-state index < -0.39 is 0 Å². The highest BCUT2D eigenvalue weighted by molar-refractivity contribution is 9.10. The number of hydrogen-bond donors (Lipinski definition) is 2. The number of Topliss-reactive ketones (excluding diaryl/α,β-unsaturated/α-hetero) is 1. The minimum atomic E-state index is -0.339. The van der Waals surface area contributed by atoms with Gasteiger partial charge in [-0.05, 0) is 73.9 Å². The fourth-order valence-corrected chi connectivity index (χ4v) is 6.03. The molecule has 4 aromatic rings. The largest absolute Gasteiger partial charge is 0.503 e. The zero-order chi connectivity index (χ0) is 24.1. The monoisotopic (exact) mass is 525 g/mol. The molecule has 0 amide bonds. The van der Waals surface area contributed by atoms with Gasteiger partial charge in [0.1, 0.15) is 0 Å². The molecule has 0 fully saturated rings. The molecule has 2 aliphatic rings. The Bertz CT molecular complexity index is 1510. The lowest BCUT2D eigenvalue weighted by Crippen LogP contribution is -2.29. The number of benzene rings is 4. The van der Waals surface area contributed by atoms with Crippen LogP contribution in [0.4, 0.5) is 5.69 Å². The molecule has 0 saturated carbocycles. The molecule has 0 spiro atoms. The first-order valence-corrected chi connectivity index (χ1v) is 12.5. The van der Waals surface area contributed by atoms with Gasteiger partial charge in [0.05, 0.1) is 17.6 Å². The van der Waals surface area contributed by atoms with Crippen molar-refractivity contribution in [1.82, 2.24) is 0 Å². The third-order valence-corrected chi connectivity index (χ3v) is 7.81. The van der Waals surface area contributed by atoms with Crippen molar-refractivity contribution in [2.45, 2.75) is 24.8 Å². The molecule has 2 unspecified atom stereocenters. The van der Waals surface area contributed by atoms with Gasteiger partial charge in [0, 0.05) is 23.2 Å². The Balaban J connectivity index is 1.58. The number of hydrogen-bond acceptors (Lipinski definition) is 4. The molecule has 2 atom stereocenters. The van der Waals surface area contributed by atoms with Gasteiger partial charge in [0.15, 0.2) is 17.3 Å². The zero-order valence-electron chi connectivity index (χ0n) is 19.2. The van der Waals surface area contributed by atoms with Crippen molar-refractivity contribution in [3.05, 3.63) is 106 Å². The Kier molecular flexibility index (Phi) is 5.37. The number of methoxy groups -OCH3 is 1. The van der Waals surface area contributed by atoms with Crippen molar-refractivity contribution in [1.29, 1.82) is 0 Å². The van der Waals surface area contributed by atoms with E-state index in [4.69, 9.17) is 4.74 Å². The Morgan fingerprint density at radius 3 is 2.51 bits per heavy atom. The summed E-state index contributed by atoms with van der Waals surface area (Å²) in [7, 11) is 1.53. The van der Waals surface area contributed by atoms with E-state index >= 15 is 0 Å². The minimum Gasteiger partial charge on any atom is -0.503 e. The summed E-state index contributed by atoms with van der Waals surface area (Å²) < 4.78 is 5.95. The van der Waals surface area contributed by atoms with Gasteiger partial charge >= 0.3 is 0 Å². The summed E-state index contributed by atoms with van der Waals surface area (Å²) in [6, 6.07) is 26.2. The van der Waals surface area contributed by atoms with Gasteiger partial charge in [-0.1, -0.05) is 60.7 Å². The van der Waals surface area contributed by atoms with Crippen molar-refractivity contribution < 1.29 is 14.6 Å². The summed E-state index contributed by atoms with van der Waals surface area (Å²) in [6.07, 6.45) is 1.26.